The molecule has 0 saturated carbocycles. The normalized spacial score (nSPS) is 11.4. The molecule has 0 aliphatic rings. The van der Waals surface area contributed by atoms with Gasteiger partial charge in [0.1, 0.15) is 0 Å². The molecular formula is C18H14ClF3N4OS. The van der Waals surface area contributed by atoms with E-state index in [1.165, 1.54) is 16.8 Å². The largest absolute Gasteiger partial charge is 0.418 e. The summed E-state index contributed by atoms with van der Waals surface area (Å²) in [6.07, 6.45) is -3.04. The van der Waals surface area contributed by atoms with E-state index in [9.17, 15) is 18.0 Å². The van der Waals surface area contributed by atoms with Crippen molar-refractivity contribution in [1.29, 1.82) is 0 Å². The van der Waals surface area contributed by atoms with Gasteiger partial charge in [-0.3, -0.25) is 4.79 Å². The highest BCUT2D eigenvalue weighted by Crippen LogP contribution is 2.38. The number of amides is 1. The van der Waals surface area contributed by atoms with E-state index in [2.05, 4.69) is 10.3 Å². The summed E-state index contributed by atoms with van der Waals surface area (Å²) in [5, 5.41) is 2.38. The minimum absolute atomic E-state index is 0.190. The number of anilines is 1. The first-order valence-corrected chi connectivity index (χ1v) is 9.30. The Labute approximate surface area is 167 Å². The first-order chi connectivity index (χ1) is 13.3. The maximum absolute atomic E-state index is 13.1. The molecule has 2 aromatic carbocycles. The van der Waals surface area contributed by atoms with E-state index < -0.39 is 23.3 Å². The molecule has 1 aromatic heterocycles. The minimum Gasteiger partial charge on any atom is -0.337 e. The van der Waals surface area contributed by atoms with Crippen LogP contribution in [0.4, 0.5) is 18.9 Å². The van der Waals surface area contributed by atoms with Gasteiger partial charge in [0.15, 0.2) is 5.16 Å². The van der Waals surface area contributed by atoms with Crippen molar-refractivity contribution in [2.45, 2.75) is 11.3 Å². The second-order valence-electron chi connectivity index (χ2n) is 5.68. The highest BCUT2D eigenvalue weighted by atomic mass is 35.5. The molecule has 3 N–H and O–H groups in total. The second kappa shape index (κ2) is 8.15. The topological polar surface area (TPSA) is 72.9 Å². The third-order valence-electron chi connectivity index (χ3n) is 3.68. The summed E-state index contributed by atoms with van der Waals surface area (Å²) in [6, 6.07) is 12.6. The van der Waals surface area contributed by atoms with Gasteiger partial charge in [0.25, 0.3) is 0 Å². The zero-order valence-electron chi connectivity index (χ0n) is 14.2. The van der Waals surface area contributed by atoms with E-state index in [0.29, 0.717) is 10.9 Å². The summed E-state index contributed by atoms with van der Waals surface area (Å²) in [5.74, 6) is 5.01. The van der Waals surface area contributed by atoms with Crippen molar-refractivity contribution >= 4 is 35.0 Å². The van der Waals surface area contributed by atoms with Crippen LogP contribution in [0, 0.1) is 0 Å². The number of nitrogens with two attached hydrogens (primary N) is 1. The summed E-state index contributed by atoms with van der Waals surface area (Å²) in [4.78, 5) is 16.5. The smallest absolute Gasteiger partial charge is 0.337 e. The molecular weight excluding hydrogens is 413 g/mol. The number of alkyl halides is 3. The molecule has 0 unspecified atom stereocenters. The number of halogens is 4. The number of benzene rings is 2. The van der Waals surface area contributed by atoms with Crippen molar-refractivity contribution in [1.82, 2.24) is 9.66 Å². The Hall–Kier alpha value is -2.65. The Kier molecular flexibility index (Phi) is 5.85. The zero-order chi connectivity index (χ0) is 20.3. The number of nitrogens with one attached hydrogen (secondary N) is 1. The van der Waals surface area contributed by atoms with E-state index in [0.717, 1.165) is 23.4 Å². The lowest BCUT2D eigenvalue weighted by Crippen LogP contribution is -2.19. The highest BCUT2D eigenvalue weighted by molar-refractivity contribution is 7.99. The van der Waals surface area contributed by atoms with Gasteiger partial charge in [0.2, 0.25) is 5.91 Å². The lowest BCUT2D eigenvalue weighted by molar-refractivity contribution is -0.137. The number of aromatic nitrogens is 2. The van der Waals surface area contributed by atoms with Crippen molar-refractivity contribution in [3.63, 3.8) is 0 Å². The predicted molar refractivity (Wildman–Crippen MR) is 104 cm³/mol. The van der Waals surface area contributed by atoms with Crippen LogP contribution in [-0.4, -0.2) is 21.3 Å². The highest BCUT2D eigenvalue weighted by Gasteiger charge is 2.34. The standard InChI is InChI=1S/C18H14ClF3N4OS/c19-13-8-4-7-12(18(20,21)22)16(13)25-15(27)10-28-17-24-14(9-26(17)23)11-5-2-1-3-6-11/h1-9H,10,23H2,(H,25,27). The third kappa shape index (κ3) is 4.60. The summed E-state index contributed by atoms with van der Waals surface area (Å²) in [6.45, 7) is 0. The Morgan fingerprint density at radius 3 is 2.57 bits per heavy atom. The summed E-state index contributed by atoms with van der Waals surface area (Å²) < 4.78 is 40.6. The number of carbonyl (C=O) groups is 1. The maximum Gasteiger partial charge on any atom is 0.418 e. The van der Waals surface area contributed by atoms with Gasteiger partial charge in [0, 0.05) is 5.56 Å². The SMILES string of the molecule is Nn1cc(-c2ccccc2)nc1SCC(=O)Nc1c(Cl)cccc1C(F)(F)F. The molecule has 0 bridgehead atoms. The van der Waals surface area contributed by atoms with Gasteiger partial charge in [0.05, 0.1) is 33.9 Å². The average molecular weight is 427 g/mol. The number of rotatable bonds is 5. The lowest BCUT2D eigenvalue weighted by Gasteiger charge is -2.15. The van der Waals surface area contributed by atoms with Crippen LogP contribution < -0.4 is 11.2 Å². The van der Waals surface area contributed by atoms with Gasteiger partial charge in [-0.2, -0.15) is 13.2 Å². The van der Waals surface area contributed by atoms with E-state index in [4.69, 9.17) is 17.4 Å². The average Bonchev–Trinajstić information content (AvgIpc) is 3.02. The molecule has 3 aromatic rings. The van der Waals surface area contributed by atoms with Crippen molar-refractivity contribution in [2.75, 3.05) is 16.9 Å². The number of hydrogen-bond acceptors (Lipinski definition) is 4. The van der Waals surface area contributed by atoms with Crippen molar-refractivity contribution in [3.8, 4) is 11.3 Å². The van der Waals surface area contributed by atoms with Crippen LogP contribution in [-0.2, 0) is 11.0 Å². The number of hydrogen-bond donors (Lipinski definition) is 2. The Morgan fingerprint density at radius 1 is 1.18 bits per heavy atom. The fraction of sp³-hybridized carbons (Fsp3) is 0.111. The van der Waals surface area contributed by atoms with Gasteiger partial charge in [-0.25, -0.2) is 9.66 Å². The molecule has 1 amide bonds. The molecule has 0 saturated heterocycles. The first kappa shape index (κ1) is 20.1. The molecule has 0 spiro atoms. The third-order valence-corrected chi connectivity index (χ3v) is 4.97. The number of thioether (sulfide) groups is 1. The first-order valence-electron chi connectivity index (χ1n) is 7.94. The maximum atomic E-state index is 13.1. The lowest BCUT2D eigenvalue weighted by atomic mass is 10.1. The van der Waals surface area contributed by atoms with Crippen LogP contribution in [0.1, 0.15) is 5.56 Å². The number of para-hydroxylation sites is 1. The van der Waals surface area contributed by atoms with Gasteiger partial charge in [-0.05, 0) is 12.1 Å². The number of imidazole rings is 1. The molecule has 0 atom stereocenters. The molecule has 0 aliphatic heterocycles. The van der Waals surface area contributed by atoms with E-state index in [1.54, 1.807) is 6.20 Å². The van der Waals surface area contributed by atoms with Crippen LogP contribution >= 0.6 is 23.4 Å². The van der Waals surface area contributed by atoms with Crippen LogP contribution in [0.3, 0.4) is 0 Å². The van der Waals surface area contributed by atoms with Gasteiger partial charge in [-0.15, -0.1) is 0 Å². The van der Waals surface area contributed by atoms with Gasteiger partial charge in [-0.1, -0.05) is 59.8 Å². The number of nitrogen functional groups attached to an aromatic ring is 1. The Bertz CT molecular complexity index is 992. The van der Waals surface area contributed by atoms with Crippen molar-refractivity contribution < 1.29 is 18.0 Å². The summed E-state index contributed by atoms with van der Waals surface area (Å²) in [7, 11) is 0. The molecule has 3 rings (SSSR count). The minimum atomic E-state index is -4.64. The molecule has 146 valence electrons. The van der Waals surface area contributed by atoms with Gasteiger partial charge >= 0.3 is 6.18 Å². The van der Waals surface area contributed by atoms with E-state index in [1.807, 2.05) is 30.3 Å². The van der Waals surface area contributed by atoms with Crippen molar-refractivity contribution in [2.24, 2.45) is 0 Å². The second-order valence-corrected chi connectivity index (χ2v) is 7.03. The molecule has 0 aliphatic carbocycles. The molecule has 5 nitrogen and oxygen atoms in total. The Balaban J connectivity index is 1.70. The quantitative estimate of drug-likeness (QED) is 0.459. The Morgan fingerprint density at radius 2 is 1.89 bits per heavy atom. The van der Waals surface area contributed by atoms with Crippen LogP contribution in [0.15, 0.2) is 59.9 Å². The predicted octanol–water partition coefficient (Wildman–Crippen LogP) is 4.67. The molecule has 1 heterocycles. The molecule has 0 fully saturated rings. The summed E-state index contributed by atoms with van der Waals surface area (Å²) in [5.41, 5.74) is -0.00581. The summed E-state index contributed by atoms with van der Waals surface area (Å²) >= 11 is 6.83. The van der Waals surface area contributed by atoms with Crippen LogP contribution in [0.25, 0.3) is 11.3 Å². The fourth-order valence-electron chi connectivity index (χ4n) is 2.42. The molecule has 0 radical (unpaired) electrons. The number of carbonyl (C=O) groups excluding carboxylic acids is 1. The molecule has 10 heteroatoms. The van der Waals surface area contributed by atoms with E-state index >= 15 is 0 Å². The number of nitrogens with zero attached hydrogens (tertiary/aromatic N) is 2. The van der Waals surface area contributed by atoms with Crippen LogP contribution in [0.5, 0.6) is 0 Å². The van der Waals surface area contributed by atoms with E-state index in [-0.39, 0.29) is 10.8 Å². The fourth-order valence-corrected chi connectivity index (χ4v) is 3.34. The monoisotopic (exact) mass is 426 g/mol. The van der Waals surface area contributed by atoms with Crippen molar-refractivity contribution in [3.05, 3.63) is 65.3 Å². The zero-order valence-corrected chi connectivity index (χ0v) is 15.8. The van der Waals surface area contributed by atoms with Crippen LogP contribution in [0.2, 0.25) is 5.02 Å². The molecule has 28 heavy (non-hydrogen) atoms. The van der Waals surface area contributed by atoms with Gasteiger partial charge < -0.3 is 11.2 Å².